The number of rotatable bonds is 7. The predicted octanol–water partition coefficient (Wildman–Crippen LogP) is 2.90. The third-order valence-electron chi connectivity index (χ3n) is 5.13. The second kappa shape index (κ2) is 9.42. The molecule has 1 aliphatic rings. The third-order valence-corrected chi connectivity index (χ3v) is 5.13. The van der Waals surface area contributed by atoms with Crippen molar-refractivity contribution in [1.29, 1.82) is 0 Å². The van der Waals surface area contributed by atoms with Gasteiger partial charge in [0.1, 0.15) is 0 Å². The van der Waals surface area contributed by atoms with Crippen LogP contribution in [0.15, 0.2) is 54.6 Å². The number of carbonyl (C=O) groups excluding carboxylic acids is 1. The highest BCUT2D eigenvalue weighted by atomic mass is 16.2. The summed E-state index contributed by atoms with van der Waals surface area (Å²) >= 11 is 0. The number of piperazine rings is 1. The lowest BCUT2D eigenvalue weighted by Crippen LogP contribution is -2.44. The number of amides is 1. The summed E-state index contributed by atoms with van der Waals surface area (Å²) in [6, 6.07) is 18.5. The average Bonchev–Trinajstić information content (AvgIpc) is 2.72. The van der Waals surface area contributed by atoms with Gasteiger partial charge in [-0.2, -0.15) is 0 Å². The summed E-state index contributed by atoms with van der Waals surface area (Å²) in [5.41, 5.74) is 3.39. The van der Waals surface area contributed by atoms with Gasteiger partial charge < -0.3 is 20.0 Å². The number of anilines is 2. The minimum absolute atomic E-state index is 0.115. The van der Waals surface area contributed by atoms with Crippen molar-refractivity contribution in [3.8, 4) is 0 Å². The van der Waals surface area contributed by atoms with Crippen molar-refractivity contribution in [3.05, 3.63) is 60.2 Å². The van der Waals surface area contributed by atoms with Crippen molar-refractivity contribution in [2.24, 2.45) is 0 Å². The zero-order chi connectivity index (χ0) is 19.1. The maximum absolute atomic E-state index is 12.5. The van der Waals surface area contributed by atoms with Gasteiger partial charge in [0.15, 0.2) is 0 Å². The van der Waals surface area contributed by atoms with E-state index in [0.717, 1.165) is 37.4 Å². The van der Waals surface area contributed by atoms with Gasteiger partial charge >= 0.3 is 0 Å². The summed E-state index contributed by atoms with van der Waals surface area (Å²) in [5.74, 6) is 0.115. The molecule has 2 aromatic carbocycles. The van der Waals surface area contributed by atoms with Crippen LogP contribution in [0.2, 0.25) is 0 Å². The van der Waals surface area contributed by atoms with E-state index in [-0.39, 0.29) is 5.91 Å². The summed E-state index contributed by atoms with van der Waals surface area (Å²) in [4.78, 5) is 19.2. The lowest BCUT2D eigenvalue weighted by Gasteiger charge is -2.34. The van der Waals surface area contributed by atoms with Gasteiger partial charge in [0.25, 0.3) is 0 Å². The summed E-state index contributed by atoms with van der Waals surface area (Å²) in [6.07, 6.45) is 0. The highest BCUT2D eigenvalue weighted by Crippen LogP contribution is 2.19. The van der Waals surface area contributed by atoms with Gasteiger partial charge in [-0.05, 0) is 43.8 Å². The molecule has 5 nitrogen and oxygen atoms in total. The quantitative estimate of drug-likeness (QED) is 0.818. The van der Waals surface area contributed by atoms with Gasteiger partial charge in [-0.3, -0.25) is 4.79 Å². The highest BCUT2D eigenvalue weighted by molar-refractivity contribution is 5.81. The number of benzene rings is 2. The van der Waals surface area contributed by atoms with E-state index in [0.29, 0.717) is 19.6 Å². The van der Waals surface area contributed by atoms with Gasteiger partial charge in [0, 0.05) is 50.6 Å². The molecule has 144 valence electrons. The molecule has 1 aliphatic heterocycles. The molecule has 0 unspecified atom stereocenters. The fourth-order valence-corrected chi connectivity index (χ4v) is 3.32. The molecular formula is C22H30N4O. The Labute approximate surface area is 162 Å². The number of likely N-dealkylation sites (N-methyl/N-ethyl adjacent to an activating group) is 2. The maximum atomic E-state index is 12.5. The molecule has 0 atom stereocenters. The van der Waals surface area contributed by atoms with Gasteiger partial charge in [-0.1, -0.05) is 30.3 Å². The topological polar surface area (TPSA) is 38.8 Å². The van der Waals surface area contributed by atoms with Crippen molar-refractivity contribution in [2.75, 3.05) is 56.5 Å². The Bertz CT molecular complexity index is 709. The average molecular weight is 367 g/mol. The van der Waals surface area contributed by atoms with Crippen LogP contribution >= 0.6 is 0 Å². The van der Waals surface area contributed by atoms with Crippen molar-refractivity contribution in [1.82, 2.24) is 9.80 Å². The zero-order valence-corrected chi connectivity index (χ0v) is 16.4. The smallest absolute Gasteiger partial charge is 0.242 e. The molecule has 1 fully saturated rings. The largest absolute Gasteiger partial charge is 0.376 e. The second-order valence-corrected chi connectivity index (χ2v) is 7.08. The van der Waals surface area contributed by atoms with Gasteiger partial charge in [-0.25, -0.2) is 0 Å². The molecule has 0 saturated carbocycles. The van der Waals surface area contributed by atoms with Crippen molar-refractivity contribution >= 4 is 17.3 Å². The molecule has 5 heteroatoms. The van der Waals surface area contributed by atoms with Crippen LogP contribution in [-0.4, -0.2) is 62.0 Å². The molecule has 0 aromatic heterocycles. The molecule has 3 rings (SSSR count). The maximum Gasteiger partial charge on any atom is 0.242 e. The van der Waals surface area contributed by atoms with Crippen LogP contribution in [0.4, 0.5) is 11.4 Å². The minimum atomic E-state index is 0.115. The van der Waals surface area contributed by atoms with Gasteiger partial charge in [-0.15, -0.1) is 0 Å². The van der Waals surface area contributed by atoms with Crippen LogP contribution in [0.1, 0.15) is 12.5 Å². The van der Waals surface area contributed by atoms with Crippen molar-refractivity contribution < 1.29 is 4.79 Å². The van der Waals surface area contributed by atoms with E-state index in [9.17, 15) is 4.79 Å². The normalized spacial score (nSPS) is 14.8. The Kier molecular flexibility index (Phi) is 6.71. The molecule has 0 radical (unpaired) electrons. The van der Waals surface area contributed by atoms with Crippen LogP contribution in [0, 0.1) is 0 Å². The number of hydrogen-bond acceptors (Lipinski definition) is 4. The highest BCUT2D eigenvalue weighted by Gasteiger charge is 2.14. The Morgan fingerprint density at radius 3 is 2.30 bits per heavy atom. The third kappa shape index (κ3) is 5.47. The predicted molar refractivity (Wildman–Crippen MR) is 112 cm³/mol. The van der Waals surface area contributed by atoms with E-state index < -0.39 is 0 Å². The number of hydrogen-bond donors (Lipinski definition) is 1. The first-order chi connectivity index (χ1) is 13.2. The Morgan fingerprint density at radius 1 is 1.00 bits per heavy atom. The summed E-state index contributed by atoms with van der Waals surface area (Å²) in [7, 11) is 2.17. The van der Waals surface area contributed by atoms with Crippen LogP contribution in [0.3, 0.4) is 0 Å². The standard InChI is InChI=1S/C22H30N4O/c1-3-25(18-19-7-5-4-6-8-19)22(27)17-23-20-9-11-21(12-10-20)26-15-13-24(2)14-16-26/h4-12,23H,3,13-18H2,1-2H3. The summed E-state index contributed by atoms with van der Waals surface area (Å²) in [5, 5.41) is 3.26. The van der Waals surface area contributed by atoms with E-state index in [1.54, 1.807) is 0 Å². The monoisotopic (exact) mass is 366 g/mol. The molecule has 1 heterocycles. The van der Waals surface area contributed by atoms with Crippen LogP contribution in [-0.2, 0) is 11.3 Å². The second-order valence-electron chi connectivity index (χ2n) is 7.08. The van der Waals surface area contributed by atoms with E-state index in [1.807, 2.05) is 30.0 Å². The Hall–Kier alpha value is -2.53. The van der Waals surface area contributed by atoms with Crippen LogP contribution in [0.5, 0.6) is 0 Å². The Balaban J connectivity index is 1.50. The molecule has 2 aromatic rings. The van der Waals surface area contributed by atoms with Gasteiger partial charge in [0.05, 0.1) is 6.54 Å². The lowest BCUT2D eigenvalue weighted by atomic mass is 10.2. The van der Waals surface area contributed by atoms with Crippen LogP contribution in [0.25, 0.3) is 0 Å². The zero-order valence-electron chi connectivity index (χ0n) is 16.4. The molecule has 0 bridgehead atoms. The SMILES string of the molecule is CCN(Cc1ccccc1)C(=O)CNc1ccc(N2CCN(C)CC2)cc1. The first-order valence-corrected chi connectivity index (χ1v) is 9.75. The van der Waals surface area contributed by atoms with Crippen LogP contribution < -0.4 is 10.2 Å². The number of nitrogens with one attached hydrogen (secondary N) is 1. The number of nitrogens with zero attached hydrogens (tertiary/aromatic N) is 3. The molecule has 1 saturated heterocycles. The number of carbonyl (C=O) groups is 1. The Morgan fingerprint density at radius 2 is 1.67 bits per heavy atom. The van der Waals surface area contributed by atoms with E-state index in [2.05, 4.69) is 58.6 Å². The lowest BCUT2D eigenvalue weighted by molar-refractivity contribution is -0.129. The van der Waals surface area contributed by atoms with E-state index >= 15 is 0 Å². The molecule has 0 aliphatic carbocycles. The summed E-state index contributed by atoms with van der Waals surface area (Å²) in [6.45, 7) is 8.02. The first kappa shape index (κ1) is 19.2. The van der Waals surface area contributed by atoms with E-state index in [4.69, 9.17) is 0 Å². The molecule has 1 amide bonds. The molecule has 1 N–H and O–H groups in total. The summed E-state index contributed by atoms with van der Waals surface area (Å²) < 4.78 is 0. The van der Waals surface area contributed by atoms with Crippen molar-refractivity contribution in [2.45, 2.75) is 13.5 Å². The first-order valence-electron chi connectivity index (χ1n) is 9.75. The minimum Gasteiger partial charge on any atom is -0.376 e. The van der Waals surface area contributed by atoms with Crippen molar-refractivity contribution in [3.63, 3.8) is 0 Å². The molecular weight excluding hydrogens is 336 g/mol. The fraction of sp³-hybridized carbons (Fsp3) is 0.409. The van der Waals surface area contributed by atoms with Gasteiger partial charge in [0.2, 0.25) is 5.91 Å². The molecule has 27 heavy (non-hydrogen) atoms. The molecule has 0 spiro atoms. The van der Waals surface area contributed by atoms with E-state index in [1.165, 1.54) is 5.69 Å². The fourth-order valence-electron chi connectivity index (χ4n) is 3.32.